The summed E-state index contributed by atoms with van der Waals surface area (Å²) in [6.07, 6.45) is 2.45. The van der Waals surface area contributed by atoms with Crippen LogP contribution in [0, 0.1) is 0 Å². The highest BCUT2D eigenvalue weighted by molar-refractivity contribution is 6.03. The van der Waals surface area contributed by atoms with Gasteiger partial charge < -0.3 is 4.74 Å². The summed E-state index contributed by atoms with van der Waals surface area (Å²) >= 11 is 0. The van der Waals surface area contributed by atoms with Crippen LogP contribution in [0.15, 0.2) is 65.9 Å². The monoisotopic (exact) mass is 345 g/mol. The minimum absolute atomic E-state index is 0.0698. The number of hydrogen-bond acceptors (Lipinski definition) is 4. The fourth-order valence-corrected chi connectivity index (χ4v) is 3.31. The van der Waals surface area contributed by atoms with Gasteiger partial charge in [-0.25, -0.2) is 5.01 Å². The summed E-state index contributed by atoms with van der Waals surface area (Å²) in [7, 11) is 1.64. The molecule has 0 fully saturated rings. The lowest BCUT2D eigenvalue weighted by molar-refractivity contribution is -0.130. The average molecular weight is 345 g/mol. The zero-order valence-electron chi connectivity index (χ0n) is 14.7. The van der Waals surface area contributed by atoms with Gasteiger partial charge in [0, 0.05) is 24.9 Å². The predicted octanol–water partition coefficient (Wildman–Crippen LogP) is 3.94. The molecule has 0 spiro atoms. The summed E-state index contributed by atoms with van der Waals surface area (Å²) in [4.78, 5) is 16.6. The number of hydrazone groups is 1. The van der Waals surface area contributed by atoms with E-state index in [0.29, 0.717) is 6.42 Å². The van der Waals surface area contributed by atoms with E-state index in [1.165, 1.54) is 0 Å². The Labute approximate surface area is 151 Å². The molecule has 0 unspecified atom stereocenters. The van der Waals surface area contributed by atoms with Gasteiger partial charge in [0.1, 0.15) is 5.75 Å². The Morgan fingerprint density at radius 2 is 1.96 bits per heavy atom. The zero-order chi connectivity index (χ0) is 18.1. The highest BCUT2D eigenvalue weighted by atomic mass is 16.5. The fourth-order valence-electron chi connectivity index (χ4n) is 3.31. The number of carbonyl (C=O) groups excluding carboxylic acids is 1. The van der Waals surface area contributed by atoms with Gasteiger partial charge in [0.2, 0.25) is 5.91 Å². The van der Waals surface area contributed by atoms with Crippen molar-refractivity contribution in [2.45, 2.75) is 19.4 Å². The van der Waals surface area contributed by atoms with Crippen molar-refractivity contribution in [2.24, 2.45) is 5.10 Å². The number of ether oxygens (including phenoxy) is 1. The van der Waals surface area contributed by atoms with Crippen LogP contribution in [-0.4, -0.2) is 28.7 Å². The van der Waals surface area contributed by atoms with E-state index in [1.807, 2.05) is 48.5 Å². The average Bonchev–Trinajstić information content (AvgIpc) is 3.13. The molecule has 0 N–H and O–H groups in total. The van der Waals surface area contributed by atoms with Gasteiger partial charge in [0.25, 0.3) is 0 Å². The van der Waals surface area contributed by atoms with E-state index < -0.39 is 0 Å². The van der Waals surface area contributed by atoms with E-state index >= 15 is 0 Å². The largest absolute Gasteiger partial charge is 0.497 e. The van der Waals surface area contributed by atoms with E-state index in [1.54, 1.807) is 25.2 Å². The molecular weight excluding hydrogens is 326 g/mol. The Balaban J connectivity index is 1.68. The molecular formula is C21H19N3O2. The van der Waals surface area contributed by atoms with Gasteiger partial charge in [-0.3, -0.25) is 9.78 Å². The molecule has 0 saturated heterocycles. The maximum Gasteiger partial charge on any atom is 0.240 e. The van der Waals surface area contributed by atoms with Crippen molar-refractivity contribution in [2.75, 3.05) is 7.11 Å². The first kappa shape index (κ1) is 16.3. The van der Waals surface area contributed by atoms with Gasteiger partial charge in [0.15, 0.2) is 0 Å². The number of aromatic nitrogens is 1. The highest BCUT2D eigenvalue weighted by Gasteiger charge is 2.31. The van der Waals surface area contributed by atoms with Crippen LogP contribution in [0.5, 0.6) is 5.75 Å². The van der Waals surface area contributed by atoms with Crippen LogP contribution in [-0.2, 0) is 4.79 Å². The summed E-state index contributed by atoms with van der Waals surface area (Å²) in [6, 6.07) is 17.7. The van der Waals surface area contributed by atoms with E-state index in [0.717, 1.165) is 33.5 Å². The first-order valence-corrected chi connectivity index (χ1v) is 8.52. The van der Waals surface area contributed by atoms with Crippen molar-refractivity contribution in [3.8, 4) is 5.75 Å². The Kier molecular flexibility index (Phi) is 4.13. The lowest BCUT2D eigenvalue weighted by atomic mass is 9.97. The Morgan fingerprint density at radius 3 is 2.69 bits per heavy atom. The van der Waals surface area contributed by atoms with Gasteiger partial charge in [-0.05, 0) is 47.5 Å². The zero-order valence-corrected chi connectivity index (χ0v) is 14.7. The molecule has 0 bridgehead atoms. The van der Waals surface area contributed by atoms with Gasteiger partial charge >= 0.3 is 0 Å². The van der Waals surface area contributed by atoms with Crippen LogP contribution in [0.1, 0.15) is 30.5 Å². The van der Waals surface area contributed by atoms with Crippen molar-refractivity contribution < 1.29 is 9.53 Å². The van der Waals surface area contributed by atoms with E-state index in [-0.39, 0.29) is 11.9 Å². The molecule has 3 aromatic rings. The molecule has 5 nitrogen and oxygen atoms in total. The van der Waals surface area contributed by atoms with E-state index in [2.05, 4.69) is 16.2 Å². The molecule has 1 aromatic heterocycles. The molecule has 5 heteroatoms. The van der Waals surface area contributed by atoms with Crippen molar-refractivity contribution in [1.29, 1.82) is 0 Å². The molecule has 4 rings (SSSR count). The third-order valence-electron chi connectivity index (χ3n) is 4.67. The van der Waals surface area contributed by atoms with Crippen molar-refractivity contribution in [1.82, 2.24) is 9.99 Å². The second-order valence-electron chi connectivity index (χ2n) is 6.31. The molecule has 130 valence electrons. The number of rotatable bonds is 3. The summed E-state index contributed by atoms with van der Waals surface area (Å²) in [5, 5.41) is 7.25. The van der Waals surface area contributed by atoms with E-state index in [4.69, 9.17) is 4.74 Å². The smallest absolute Gasteiger partial charge is 0.240 e. The first-order chi connectivity index (χ1) is 12.7. The number of carbonyl (C=O) groups is 1. The van der Waals surface area contributed by atoms with Gasteiger partial charge in [-0.2, -0.15) is 5.10 Å². The lowest BCUT2D eigenvalue weighted by Crippen LogP contribution is -2.24. The second kappa shape index (κ2) is 6.59. The van der Waals surface area contributed by atoms with Gasteiger partial charge in [-0.1, -0.05) is 18.2 Å². The summed E-state index contributed by atoms with van der Waals surface area (Å²) < 4.78 is 5.21. The van der Waals surface area contributed by atoms with Crippen molar-refractivity contribution >= 4 is 22.5 Å². The van der Waals surface area contributed by atoms with Gasteiger partial charge in [0.05, 0.1) is 24.4 Å². The number of benzene rings is 2. The second-order valence-corrected chi connectivity index (χ2v) is 6.31. The quantitative estimate of drug-likeness (QED) is 0.722. The van der Waals surface area contributed by atoms with Gasteiger partial charge in [-0.15, -0.1) is 0 Å². The number of amides is 1. The van der Waals surface area contributed by atoms with Crippen molar-refractivity contribution in [3.05, 3.63) is 71.9 Å². The maximum absolute atomic E-state index is 12.2. The molecule has 26 heavy (non-hydrogen) atoms. The molecule has 1 amide bonds. The molecule has 0 radical (unpaired) electrons. The lowest BCUT2D eigenvalue weighted by Gasteiger charge is -2.20. The molecule has 0 aliphatic carbocycles. The molecule has 1 aliphatic rings. The van der Waals surface area contributed by atoms with Crippen LogP contribution in [0.2, 0.25) is 0 Å². The van der Waals surface area contributed by atoms with Crippen molar-refractivity contribution in [3.63, 3.8) is 0 Å². The number of methoxy groups -OCH3 is 1. The number of nitrogens with zero attached hydrogens (tertiary/aromatic N) is 3. The topological polar surface area (TPSA) is 54.8 Å². The van der Waals surface area contributed by atoms with Crippen LogP contribution in [0.3, 0.4) is 0 Å². The number of hydrogen-bond donors (Lipinski definition) is 0. The summed E-state index contributed by atoms with van der Waals surface area (Å²) in [5.74, 6) is 0.729. The standard InChI is InChI=1S/C21H19N3O2/c1-14(25)24-21(17-6-5-15-4-3-11-22-19(15)12-17)13-20(23-24)16-7-9-18(26-2)10-8-16/h3-12,21H,13H2,1-2H3/t21-/m0/s1. The van der Waals surface area contributed by atoms with Crippen LogP contribution in [0.4, 0.5) is 0 Å². The van der Waals surface area contributed by atoms with E-state index in [9.17, 15) is 4.79 Å². The minimum Gasteiger partial charge on any atom is -0.497 e. The maximum atomic E-state index is 12.2. The minimum atomic E-state index is -0.115. The summed E-state index contributed by atoms with van der Waals surface area (Å²) in [6.45, 7) is 1.55. The highest BCUT2D eigenvalue weighted by Crippen LogP contribution is 2.34. The third-order valence-corrected chi connectivity index (χ3v) is 4.67. The predicted molar refractivity (Wildman–Crippen MR) is 101 cm³/mol. The number of pyridine rings is 1. The SMILES string of the molecule is COc1ccc(C2=NN(C(C)=O)[C@H](c3ccc4cccnc4c3)C2)cc1. The van der Waals surface area contributed by atoms with Crippen LogP contribution in [0.25, 0.3) is 10.9 Å². The third kappa shape index (κ3) is 2.92. The van der Waals surface area contributed by atoms with Crippen LogP contribution >= 0.6 is 0 Å². The van der Waals surface area contributed by atoms with Crippen LogP contribution < -0.4 is 4.74 Å². The normalized spacial score (nSPS) is 16.6. The summed E-state index contributed by atoms with van der Waals surface area (Å²) in [5.41, 5.74) is 3.86. The molecule has 1 aliphatic heterocycles. The molecule has 1 atom stereocenters. The fraction of sp³-hybridized carbons (Fsp3) is 0.190. The Hall–Kier alpha value is -3.21. The molecule has 2 aromatic carbocycles. The number of fused-ring (bicyclic) bond motifs is 1. The molecule has 2 heterocycles. The first-order valence-electron chi connectivity index (χ1n) is 8.52. The Morgan fingerprint density at radius 1 is 1.15 bits per heavy atom. The molecule has 0 saturated carbocycles. The Bertz CT molecular complexity index is 996.